The first-order valence-corrected chi connectivity index (χ1v) is 8.48. The molecular weight excluding hydrogens is 363 g/mol. The number of rotatable bonds is 7. The molecule has 0 atom stereocenters. The molecule has 0 saturated carbocycles. The largest absolute Gasteiger partial charge is 0.497 e. The molecule has 11 heteroatoms. The Kier molecular flexibility index (Phi) is 5.58. The molecule has 1 N–H and O–H groups in total. The van der Waals surface area contributed by atoms with Gasteiger partial charge in [0.25, 0.3) is 0 Å². The first-order valence-electron chi connectivity index (χ1n) is 6.99. The highest BCUT2D eigenvalue weighted by molar-refractivity contribution is 7.89. The number of hydrogen-bond acceptors (Lipinski definition) is 5. The molecule has 25 heavy (non-hydrogen) atoms. The molecule has 0 aliphatic carbocycles. The second-order valence-corrected chi connectivity index (χ2v) is 6.61. The molecule has 1 aromatic heterocycles. The topological polar surface area (TPSA) is 82.5 Å². The zero-order valence-electron chi connectivity index (χ0n) is 13.4. The highest BCUT2D eigenvalue weighted by Gasteiger charge is 2.33. The van der Waals surface area contributed by atoms with E-state index in [1.807, 2.05) is 0 Å². The van der Waals surface area contributed by atoms with Crippen molar-refractivity contribution in [2.75, 3.05) is 20.8 Å². The highest BCUT2D eigenvalue weighted by atomic mass is 32.2. The number of nitrogens with one attached hydrogen (secondary N) is 1. The monoisotopic (exact) mass is 379 g/mol. The predicted octanol–water partition coefficient (Wildman–Crippen LogP) is 1.90. The van der Waals surface area contributed by atoms with Gasteiger partial charge in [0.1, 0.15) is 16.4 Å². The van der Waals surface area contributed by atoms with Crippen LogP contribution in [0.3, 0.4) is 0 Å². The molecule has 2 aromatic rings. The maximum absolute atomic E-state index is 12.5. The van der Waals surface area contributed by atoms with Gasteiger partial charge in [-0.2, -0.15) is 18.3 Å². The second-order valence-electron chi connectivity index (χ2n) is 4.88. The molecule has 0 unspecified atom stereocenters. The van der Waals surface area contributed by atoms with Crippen LogP contribution < -0.4 is 14.2 Å². The molecule has 0 fully saturated rings. The van der Waals surface area contributed by atoms with Crippen molar-refractivity contribution in [3.8, 4) is 11.5 Å². The average Bonchev–Trinajstić information content (AvgIpc) is 3.03. The van der Waals surface area contributed by atoms with E-state index in [-0.39, 0.29) is 23.7 Å². The summed E-state index contributed by atoms with van der Waals surface area (Å²) < 4.78 is 75.5. The van der Waals surface area contributed by atoms with Gasteiger partial charge in [-0.1, -0.05) is 0 Å². The summed E-state index contributed by atoms with van der Waals surface area (Å²) in [4.78, 5) is -0.134. The van der Waals surface area contributed by atoms with Gasteiger partial charge in [0.15, 0.2) is 5.69 Å². The van der Waals surface area contributed by atoms with Crippen LogP contribution in [0.25, 0.3) is 0 Å². The first-order chi connectivity index (χ1) is 11.7. The minimum Gasteiger partial charge on any atom is -0.497 e. The Morgan fingerprint density at radius 1 is 1.20 bits per heavy atom. The zero-order chi connectivity index (χ0) is 18.7. The summed E-state index contributed by atoms with van der Waals surface area (Å²) in [6, 6.07) is 5.09. The normalized spacial score (nSPS) is 12.2. The number of aromatic nitrogens is 2. The fourth-order valence-electron chi connectivity index (χ4n) is 2.00. The number of alkyl halides is 3. The third kappa shape index (κ3) is 4.63. The summed E-state index contributed by atoms with van der Waals surface area (Å²) in [7, 11) is -1.23. The summed E-state index contributed by atoms with van der Waals surface area (Å²) in [6.45, 7) is -0.219. The van der Waals surface area contributed by atoms with Gasteiger partial charge in [-0.05, 0) is 18.2 Å². The molecule has 0 amide bonds. The SMILES string of the molecule is COc1ccc(OC)c(S(=O)(=O)NCCn2ccc(C(F)(F)F)n2)c1. The highest BCUT2D eigenvalue weighted by Crippen LogP contribution is 2.28. The van der Waals surface area contributed by atoms with Crippen molar-refractivity contribution in [3.05, 3.63) is 36.2 Å². The van der Waals surface area contributed by atoms with Crippen LogP contribution in [0.2, 0.25) is 0 Å². The van der Waals surface area contributed by atoms with Crippen LogP contribution in [0.5, 0.6) is 11.5 Å². The summed E-state index contributed by atoms with van der Waals surface area (Å²) in [5, 5.41) is 3.35. The van der Waals surface area contributed by atoms with Gasteiger partial charge in [-0.25, -0.2) is 13.1 Å². The Balaban J connectivity index is 2.08. The molecule has 0 bridgehead atoms. The first kappa shape index (κ1) is 19.1. The molecule has 0 saturated heterocycles. The Bertz CT molecular complexity index is 834. The van der Waals surface area contributed by atoms with Crippen LogP contribution in [0, 0.1) is 0 Å². The molecule has 0 radical (unpaired) electrons. The van der Waals surface area contributed by atoms with Crippen molar-refractivity contribution in [2.45, 2.75) is 17.6 Å². The quantitative estimate of drug-likeness (QED) is 0.795. The van der Waals surface area contributed by atoms with E-state index in [0.29, 0.717) is 5.75 Å². The van der Waals surface area contributed by atoms with Crippen LogP contribution in [0.15, 0.2) is 35.4 Å². The molecule has 0 aliphatic rings. The van der Waals surface area contributed by atoms with Gasteiger partial charge in [0, 0.05) is 18.8 Å². The minimum atomic E-state index is -4.54. The van der Waals surface area contributed by atoms with Gasteiger partial charge >= 0.3 is 6.18 Å². The standard InChI is InChI=1S/C14H16F3N3O4S/c1-23-10-3-4-11(24-2)12(9-10)25(21,22)18-6-8-20-7-5-13(19-20)14(15,16)17/h3-5,7,9,18H,6,8H2,1-2H3. The van der Waals surface area contributed by atoms with Crippen LogP contribution in [0.1, 0.15) is 5.69 Å². The van der Waals surface area contributed by atoms with E-state index < -0.39 is 21.9 Å². The molecular formula is C14H16F3N3O4S. The van der Waals surface area contributed by atoms with Gasteiger partial charge in [0.05, 0.1) is 20.8 Å². The number of sulfonamides is 1. The van der Waals surface area contributed by atoms with E-state index >= 15 is 0 Å². The number of ether oxygens (including phenoxy) is 2. The van der Waals surface area contributed by atoms with E-state index in [1.54, 1.807) is 6.07 Å². The fourth-order valence-corrected chi connectivity index (χ4v) is 3.21. The van der Waals surface area contributed by atoms with Crippen LogP contribution in [-0.2, 0) is 22.7 Å². The Labute approximate surface area is 142 Å². The lowest BCUT2D eigenvalue weighted by atomic mass is 10.3. The smallest absolute Gasteiger partial charge is 0.435 e. The Morgan fingerprint density at radius 3 is 2.48 bits per heavy atom. The summed E-state index contributed by atoms with van der Waals surface area (Å²) in [5.41, 5.74) is -1.04. The Morgan fingerprint density at radius 2 is 1.92 bits per heavy atom. The molecule has 7 nitrogen and oxygen atoms in total. The molecule has 0 aliphatic heterocycles. The van der Waals surface area contributed by atoms with Crippen LogP contribution in [-0.4, -0.2) is 39.0 Å². The molecule has 0 spiro atoms. The Hall–Kier alpha value is -2.27. The molecule has 2 rings (SSSR count). The van der Waals surface area contributed by atoms with E-state index in [1.165, 1.54) is 26.4 Å². The maximum Gasteiger partial charge on any atom is 0.435 e. The van der Waals surface area contributed by atoms with Gasteiger partial charge in [-0.15, -0.1) is 0 Å². The van der Waals surface area contributed by atoms with Crippen molar-refractivity contribution >= 4 is 10.0 Å². The third-order valence-electron chi connectivity index (χ3n) is 3.22. The van der Waals surface area contributed by atoms with Crippen molar-refractivity contribution in [2.24, 2.45) is 0 Å². The summed E-state index contributed by atoms with van der Waals surface area (Å²) in [6.07, 6.45) is -3.41. The van der Waals surface area contributed by atoms with E-state index in [4.69, 9.17) is 9.47 Å². The van der Waals surface area contributed by atoms with Crippen molar-refractivity contribution < 1.29 is 31.1 Å². The van der Waals surface area contributed by atoms with E-state index in [2.05, 4.69) is 9.82 Å². The van der Waals surface area contributed by atoms with Crippen LogP contribution in [0.4, 0.5) is 13.2 Å². The van der Waals surface area contributed by atoms with Crippen molar-refractivity contribution in [3.63, 3.8) is 0 Å². The number of hydrogen-bond donors (Lipinski definition) is 1. The predicted molar refractivity (Wildman–Crippen MR) is 82.0 cm³/mol. The summed E-state index contributed by atoms with van der Waals surface area (Å²) >= 11 is 0. The lowest BCUT2D eigenvalue weighted by Gasteiger charge is -2.12. The lowest BCUT2D eigenvalue weighted by Crippen LogP contribution is -2.28. The van der Waals surface area contributed by atoms with Crippen LogP contribution >= 0.6 is 0 Å². The second kappa shape index (κ2) is 7.31. The van der Waals surface area contributed by atoms with E-state index in [0.717, 1.165) is 16.9 Å². The van der Waals surface area contributed by atoms with E-state index in [9.17, 15) is 21.6 Å². The number of methoxy groups -OCH3 is 2. The van der Waals surface area contributed by atoms with Crippen molar-refractivity contribution in [1.29, 1.82) is 0 Å². The lowest BCUT2D eigenvalue weighted by molar-refractivity contribution is -0.141. The number of benzene rings is 1. The third-order valence-corrected chi connectivity index (χ3v) is 4.71. The number of nitrogens with zero attached hydrogens (tertiary/aromatic N) is 2. The fraction of sp³-hybridized carbons (Fsp3) is 0.357. The number of halogens is 3. The molecule has 1 aromatic carbocycles. The average molecular weight is 379 g/mol. The van der Waals surface area contributed by atoms with Gasteiger partial charge in [0.2, 0.25) is 10.0 Å². The van der Waals surface area contributed by atoms with Gasteiger partial charge < -0.3 is 9.47 Å². The molecule has 138 valence electrons. The molecule has 1 heterocycles. The summed E-state index contributed by atoms with van der Waals surface area (Å²) in [5.74, 6) is 0.440. The minimum absolute atomic E-state index is 0.0679. The zero-order valence-corrected chi connectivity index (χ0v) is 14.2. The van der Waals surface area contributed by atoms with Gasteiger partial charge in [-0.3, -0.25) is 4.68 Å². The van der Waals surface area contributed by atoms with Crippen molar-refractivity contribution in [1.82, 2.24) is 14.5 Å². The maximum atomic E-state index is 12.5.